The van der Waals surface area contributed by atoms with E-state index in [4.69, 9.17) is 17.0 Å². The van der Waals surface area contributed by atoms with Crippen molar-refractivity contribution in [2.24, 2.45) is 0 Å². The van der Waals surface area contributed by atoms with Crippen molar-refractivity contribution in [3.63, 3.8) is 0 Å². The van der Waals surface area contributed by atoms with E-state index < -0.39 is 20.8 Å². The molecule has 0 aliphatic heterocycles. The molecule has 0 aliphatic carbocycles. The van der Waals surface area contributed by atoms with Gasteiger partial charge in [0.1, 0.15) is 0 Å². The summed E-state index contributed by atoms with van der Waals surface area (Å²) in [6, 6.07) is 40.9. The van der Waals surface area contributed by atoms with Gasteiger partial charge in [-0.05, 0) is 60.8 Å². The van der Waals surface area contributed by atoms with Crippen molar-refractivity contribution in [3.05, 3.63) is 131 Å². The normalized spacial score (nSPS) is 10.3. The molecular weight excluding hydrogens is 858 g/mol. The SMILES string of the molecule is CCC(=O)N[B]NC(=O)CC.CCCCc1cc2c(-c3ccccc3CCCC)cccc2[cH-]1.CCCCc1cc2c(-c3ccccc3CCCC)cccc2[cH-]1.[Cl][Zr+2][Cl]. The van der Waals surface area contributed by atoms with Crippen LogP contribution < -0.4 is 10.5 Å². The Bertz CT molecular complexity index is 1990. The van der Waals surface area contributed by atoms with Crippen LogP contribution in [-0.2, 0) is 56.1 Å². The molecule has 0 aliphatic rings. The first-order valence-corrected chi connectivity index (χ1v) is 28.5. The Kier molecular flexibility index (Phi) is 25.3. The van der Waals surface area contributed by atoms with Gasteiger partial charge in [0.15, 0.2) is 0 Å². The van der Waals surface area contributed by atoms with Crippen molar-refractivity contribution in [1.82, 2.24) is 10.5 Å². The summed E-state index contributed by atoms with van der Waals surface area (Å²) in [6.07, 6.45) is 15.7. The Hall–Kier alpha value is -3.43. The molecule has 0 spiro atoms. The molecule has 0 saturated heterocycles. The quantitative estimate of drug-likeness (QED) is 0.0666. The van der Waals surface area contributed by atoms with Crippen LogP contribution in [0, 0.1) is 0 Å². The number of halogens is 2. The zero-order valence-corrected chi connectivity index (χ0v) is 40.9. The Balaban J connectivity index is 0.000000247. The molecule has 1 radical (unpaired) electrons. The summed E-state index contributed by atoms with van der Waals surface area (Å²) >= 11 is -0.826. The van der Waals surface area contributed by atoms with Gasteiger partial charge in [-0.3, -0.25) is 9.59 Å². The molecule has 6 rings (SSSR count). The van der Waals surface area contributed by atoms with Gasteiger partial charge in [0.2, 0.25) is 11.8 Å². The Morgan fingerprint density at radius 2 is 0.867 bits per heavy atom. The van der Waals surface area contributed by atoms with Crippen LogP contribution in [0.4, 0.5) is 0 Å². The summed E-state index contributed by atoms with van der Waals surface area (Å²) in [5.74, 6) is -0.220. The molecule has 0 fully saturated rings. The minimum atomic E-state index is -0.826. The summed E-state index contributed by atoms with van der Waals surface area (Å²) in [6.45, 7) is 12.5. The van der Waals surface area contributed by atoms with Gasteiger partial charge in [-0.2, -0.15) is 12.1 Å². The van der Waals surface area contributed by atoms with Gasteiger partial charge in [-0.1, -0.05) is 152 Å². The van der Waals surface area contributed by atoms with Crippen LogP contribution in [-0.4, -0.2) is 19.4 Å². The number of amides is 2. The van der Waals surface area contributed by atoms with Crippen LogP contribution in [0.15, 0.2) is 109 Å². The minimum absolute atomic E-state index is 0.110. The predicted octanol–water partition coefficient (Wildman–Crippen LogP) is 14.8. The molecule has 0 aromatic heterocycles. The number of carbonyl (C=O) groups is 2. The fourth-order valence-electron chi connectivity index (χ4n) is 7.25. The molecule has 0 saturated carbocycles. The third-order valence-corrected chi connectivity index (χ3v) is 10.6. The number of benzene rings is 4. The van der Waals surface area contributed by atoms with Crippen LogP contribution in [0.3, 0.4) is 0 Å². The standard InChI is InChI=1S/2C23H27.C6H12BN2O2.2ClH.Zr/c2*1-3-5-10-18-16-20-13-9-15-22(23(20)17-18)21-14-8-7-12-19(21)11-6-4-2;1-3-5(10)8-7-9-6(11)4-2;;;/h2*7-9,12-17H,3-6,10-11H2,1-2H3;3-4H2,1-2H3,(H,8,10)(H,9,11);2*1H;/q2*-1;;;;+4/p-2. The first-order chi connectivity index (χ1) is 29.3. The van der Waals surface area contributed by atoms with E-state index in [9.17, 15) is 9.59 Å². The molecule has 6 aromatic rings. The maximum absolute atomic E-state index is 10.6. The molecule has 60 heavy (non-hydrogen) atoms. The van der Waals surface area contributed by atoms with E-state index in [0.717, 1.165) is 0 Å². The van der Waals surface area contributed by atoms with E-state index in [-0.39, 0.29) is 11.8 Å². The Morgan fingerprint density at radius 3 is 1.23 bits per heavy atom. The molecule has 2 N–H and O–H groups in total. The second kappa shape index (κ2) is 29.8. The van der Waals surface area contributed by atoms with Crippen molar-refractivity contribution in [1.29, 1.82) is 0 Å². The Morgan fingerprint density at radius 1 is 0.517 bits per heavy atom. The summed E-state index contributed by atoms with van der Waals surface area (Å²) < 4.78 is 0. The number of hydrogen-bond donors (Lipinski definition) is 2. The third-order valence-electron chi connectivity index (χ3n) is 10.6. The number of nitrogens with one attached hydrogen (secondary N) is 2. The third kappa shape index (κ3) is 16.8. The molecule has 0 heterocycles. The summed E-state index contributed by atoms with van der Waals surface area (Å²) in [5.41, 5.74) is 11.6. The summed E-state index contributed by atoms with van der Waals surface area (Å²) in [7, 11) is 11.1. The molecule has 0 atom stereocenters. The molecule has 4 nitrogen and oxygen atoms in total. The van der Waals surface area contributed by atoms with Crippen LogP contribution >= 0.6 is 17.0 Å². The number of hydrogen-bond acceptors (Lipinski definition) is 2. The summed E-state index contributed by atoms with van der Waals surface area (Å²) in [5, 5.41) is 10.4. The molecule has 6 aromatic carbocycles. The van der Waals surface area contributed by atoms with Gasteiger partial charge in [-0.15, -0.1) is 69.1 Å². The van der Waals surface area contributed by atoms with Gasteiger partial charge >= 0.3 is 45.4 Å². The van der Waals surface area contributed by atoms with Gasteiger partial charge in [0.05, 0.1) is 0 Å². The summed E-state index contributed by atoms with van der Waals surface area (Å²) in [4.78, 5) is 21.2. The maximum atomic E-state index is 10.6. The van der Waals surface area contributed by atoms with Gasteiger partial charge in [-0.25, -0.2) is 0 Å². The Labute approximate surface area is 381 Å². The first-order valence-electron chi connectivity index (χ1n) is 22.2. The average molecular weight is 924 g/mol. The van der Waals surface area contributed by atoms with E-state index in [1.54, 1.807) is 13.8 Å². The second-order valence-electron chi connectivity index (χ2n) is 15.1. The van der Waals surface area contributed by atoms with Crippen molar-refractivity contribution < 1.29 is 30.4 Å². The zero-order valence-electron chi connectivity index (χ0n) is 36.9. The fourth-order valence-corrected chi connectivity index (χ4v) is 7.25. The number of rotatable bonds is 18. The zero-order chi connectivity index (χ0) is 43.5. The molecule has 2 amide bonds. The number of carbonyl (C=O) groups excluding carboxylic acids is 2. The molecule has 0 unspecified atom stereocenters. The van der Waals surface area contributed by atoms with E-state index in [0.29, 0.717) is 12.8 Å². The molecule has 317 valence electrons. The van der Waals surface area contributed by atoms with Gasteiger partial charge < -0.3 is 10.5 Å². The van der Waals surface area contributed by atoms with Gasteiger partial charge in [0, 0.05) is 12.8 Å². The molecule has 8 heteroatoms. The number of aryl methyl sites for hydroxylation is 4. The topological polar surface area (TPSA) is 58.2 Å². The number of fused-ring (bicyclic) bond motifs is 2. The van der Waals surface area contributed by atoms with Crippen molar-refractivity contribution in [2.75, 3.05) is 0 Å². The predicted molar refractivity (Wildman–Crippen MR) is 259 cm³/mol. The van der Waals surface area contributed by atoms with E-state index in [1.165, 1.54) is 151 Å². The van der Waals surface area contributed by atoms with Crippen LogP contribution in [0.2, 0.25) is 0 Å². The van der Waals surface area contributed by atoms with Crippen molar-refractivity contribution in [3.8, 4) is 22.3 Å². The van der Waals surface area contributed by atoms with Crippen LogP contribution in [0.5, 0.6) is 0 Å². The van der Waals surface area contributed by atoms with E-state index in [1.807, 2.05) is 0 Å². The van der Waals surface area contributed by atoms with E-state index in [2.05, 4.69) is 147 Å². The molecular formula is C52H66BCl2N2O2Zr. The van der Waals surface area contributed by atoms with Gasteiger partial charge in [0.25, 0.3) is 0 Å². The van der Waals surface area contributed by atoms with Crippen molar-refractivity contribution >= 4 is 57.9 Å². The fraction of sp³-hybridized carbons (Fsp3) is 0.385. The molecule has 0 bridgehead atoms. The van der Waals surface area contributed by atoms with Crippen molar-refractivity contribution in [2.45, 2.75) is 131 Å². The van der Waals surface area contributed by atoms with Crippen LogP contribution in [0.1, 0.15) is 128 Å². The monoisotopic (exact) mass is 921 g/mol. The number of unbranched alkanes of at least 4 members (excludes halogenated alkanes) is 4. The first kappa shape index (κ1) is 50.9. The second-order valence-corrected chi connectivity index (χ2v) is 18.9. The van der Waals surface area contributed by atoms with Crippen LogP contribution in [0.25, 0.3) is 43.8 Å². The average Bonchev–Trinajstić information content (AvgIpc) is 3.91. The van der Waals surface area contributed by atoms with E-state index >= 15 is 0 Å².